The first kappa shape index (κ1) is 75.7. The van der Waals surface area contributed by atoms with Crippen molar-refractivity contribution < 1.29 is 159 Å². The van der Waals surface area contributed by atoms with Crippen LogP contribution >= 0.6 is 0 Å². The summed E-state index contributed by atoms with van der Waals surface area (Å²) in [5.74, 6) is 0. The molecule has 16 heteroatoms. The van der Waals surface area contributed by atoms with Gasteiger partial charge in [0.25, 0.3) is 0 Å². The molecule has 0 aromatic heterocycles. The Bertz CT molecular complexity index is 1540. The fourth-order valence-electron chi connectivity index (χ4n) is 4.80. The fraction of sp³-hybridized carbons (Fsp3) is 0.375. The summed E-state index contributed by atoms with van der Waals surface area (Å²) in [6.07, 6.45) is 1.07. The minimum atomic E-state index is -0.333. The van der Waals surface area contributed by atoms with Crippen molar-refractivity contribution in [3.8, 4) is 0 Å². The van der Waals surface area contributed by atoms with Gasteiger partial charge >= 0.3 is 0 Å². The molecule has 0 atom stereocenters. The second-order valence-electron chi connectivity index (χ2n) is 12.2. The molecule has 4 aromatic rings. The molecule has 8 N–H and O–H groups in total. The molecular weight excluding hydrogens is 1110 g/mol. The summed E-state index contributed by atoms with van der Waals surface area (Å²) >= 11 is 0. The largest absolute Gasteiger partial charge is 0.486 e. The van der Waals surface area contributed by atoms with Crippen molar-refractivity contribution in [1.82, 2.24) is 21.3 Å². The van der Waals surface area contributed by atoms with Crippen LogP contribution in [0.15, 0.2) is 97.1 Å². The molecule has 4 aromatic carbocycles. The molecule has 0 aliphatic rings. The third-order valence-electron chi connectivity index (χ3n) is 7.57. The van der Waals surface area contributed by atoms with Crippen molar-refractivity contribution in [2.75, 3.05) is 39.5 Å². The number of aldehydes is 2. The number of hydrogen-bond donors (Lipinski definition) is 6. The van der Waals surface area contributed by atoms with Gasteiger partial charge in [0.05, 0.1) is 0 Å². The molecule has 0 saturated carbocycles. The zero-order chi connectivity index (χ0) is 45.2. The van der Waals surface area contributed by atoms with Crippen molar-refractivity contribution >= 4 is 12.6 Å². The van der Waals surface area contributed by atoms with E-state index in [4.69, 9.17) is 24.7 Å². The topological polar surface area (TPSA) is 171 Å². The molecule has 4 rings (SSSR count). The Morgan fingerprint density at radius 2 is 0.703 bits per heavy atom. The van der Waals surface area contributed by atoms with E-state index in [2.05, 4.69) is 98.5 Å². The van der Waals surface area contributed by atoms with Crippen LogP contribution in [-0.2, 0) is 176 Å². The number of ether oxygens (including phenoxy) is 4. The average molecular weight is 1190 g/mol. The van der Waals surface area contributed by atoms with Gasteiger partial charge in [-0.15, -0.1) is 0 Å². The zero-order valence-electron chi connectivity index (χ0n) is 39.4. The number of benzene rings is 4. The molecule has 4 radical (unpaired) electrons. The third-order valence-corrected chi connectivity index (χ3v) is 7.57. The summed E-state index contributed by atoms with van der Waals surface area (Å²) < 4.78 is 21.9. The van der Waals surface area contributed by atoms with Gasteiger partial charge in [0.1, 0.15) is 12.6 Å². The summed E-state index contributed by atoms with van der Waals surface area (Å²) in [5.41, 5.74) is 17.4. The van der Waals surface area contributed by atoms with Crippen molar-refractivity contribution in [2.45, 2.75) is 80.3 Å². The van der Waals surface area contributed by atoms with E-state index < -0.39 is 0 Å². The number of hydrogen-bond acceptors (Lipinski definition) is 12. The fourth-order valence-corrected chi connectivity index (χ4v) is 4.80. The molecule has 64 heavy (non-hydrogen) atoms. The zero-order valence-corrected chi connectivity index (χ0v) is 50.7. The first-order chi connectivity index (χ1) is 29.3. The number of rotatable bonds is 21. The molecule has 0 aliphatic carbocycles. The summed E-state index contributed by atoms with van der Waals surface area (Å²) in [5, 5.41) is 11.8. The van der Waals surface area contributed by atoms with Crippen LogP contribution in [0, 0.1) is 28.2 Å². The number of nitrogens with two attached hydrogens (primary N) is 2. The van der Waals surface area contributed by atoms with E-state index in [1.165, 1.54) is 16.7 Å². The molecule has 0 amide bonds. The molecule has 12 nitrogen and oxygen atoms in total. The number of carbonyl (C=O) groups is 2. The molecule has 0 bridgehead atoms. The van der Waals surface area contributed by atoms with E-state index >= 15 is 0 Å². The molecule has 348 valence electrons. The van der Waals surface area contributed by atoms with Gasteiger partial charge in [-0.3, -0.25) is 37.8 Å². The maximum absolute atomic E-state index is 10.5. The average Bonchev–Trinajstić information content (AvgIpc) is 3.28. The minimum absolute atomic E-state index is 0. The van der Waals surface area contributed by atoms with Crippen molar-refractivity contribution in [1.29, 1.82) is 0 Å². The Balaban J connectivity index is -0.000000167. The van der Waals surface area contributed by atoms with Crippen LogP contribution in [0.3, 0.4) is 0 Å². The van der Waals surface area contributed by atoms with E-state index in [1.54, 1.807) is 24.3 Å². The summed E-state index contributed by atoms with van der Waals surface area (Å²) in [6.45, 7) is 19.3. The van der Waals surface area contributed by atoms with Gasteiger partial charge in [0.2, 0.25) is 0 Å². The van der Waals surface area contributed by atoms with E-state index in [1.807, 2.05) is 71.0 Å². The first-order valence-corrected chi connectivity index (χ1v) is 20.3. The number of nitrogens with one attached hydrogen (secondary N) is 4. The predicted molar refractivity (Wildman–Crippen MR) is 247 cm³/mol. The van der Waals surface area contributed by atoms with Crippen LogP contribution in [0.25, 0.3) is 0 Å². The standard InChI is InChI=1S/C13H20NO2.C12H16O3.C11H17N2.C9H10NO.C2H7N.CH4N.4Y/c1-4-15-13(16-5-2)12-8-6-11(7-9-12)10-14-3;1-3-14-12(15-4-2)11-7-5-10(9-13)6-8-11;1-3-13-9-11-6-4-10(5-7-11)8-12-2;1-10-6-8-2-4-9(7-11)5-3-8;1-2-3;1-2;;;;/h6-9,13-14H,3-5,10H2,1-2H3;5-9,12H,3-4H2,1-2H3;4-7,12-13H,2-3,8-9H2,1H3;2-5,7,10H,1,6H2;2-3H2,1H3;1-2H2;;;;/q-1;;2*-1;;-1;;;;. The smallest absolute Gasteiger partial charge is 0.183 e. The van der Waals surface area contributed by atoms with Crippen molar-refractivity contribution in [3.63, 3.8) is 0 Å². The normalized spacial score (nSPS) is 9.34. The SMILES string of the molecule is CCN.CCOC(OCC)c1ccc(C=O)cc1.[CH2-]N.[CH2-]NCc1ccc(C(OCC)OCC)cc1.[CH2-]NCc1ccc(C=O)cc1.[CH2-]NCc1ccc(CNCC)cc1.[Y].[Y].[Y].[Y]. The molecule has 0 fully saturated rings. The Labute approximate surface area is 488 Å². The van der Waals surface area contributed by atoms with E-state index in [-0.39, 0.29) is 143 Å². The first-order valence-electron chi connectivity index (χ1n) is 20.3. The molecule has 0 spiro atoms. The summed E-state index contributed by atoms with van der Waals surface area (Å²) in [7, 11) is 13.4. The van der Waals surface area contributed by atoms with Crippen LogP contribution in [0.2, 0.25) is 0 Å². The second kappa shape index (κ2) is 55.8. The maximum Gasteiger partial charge on any atom is 0.183 e. The summed E-state index contributed by atoms with van der Waals surface area (Å²) in [6, 6.07) is 31.3. The molecule has 0 unspecified atom stereocenters. The maximum atomic E-state index is 10.5. The molecule has 0 saturated heterocycles. The monoisotopic (exact) mass is 1190 g/mol. The molecular formula is C48H74N6O6Y4-4. The van der Waals surface area contributed by atoms with Crippen molar-refractivity contribution in [3.05, 3.63) is 170 Å². The Morgan fingerprint density at radius 1 is 0.469 bits per heavy atom. The molecule has 0 aliphatic heterocycles. The van der Waals surface area contributed by atoms with Gasteiger partial charge < -0.3 is 51.7 Å². The third kappa shape index (κ3) is 39.1. The molecule has 0 heterocycles. The van der Waals surface area contributed by atoms with Gasteiger partial charge in [-0.05, 0) is 82.7 Å². The Hall–Kier alpha value is 0.236. The van der Waals surface area contributed by atoms with E-state index in [9.17, 15) is 9.59 Å². The van der Waals surface area contributed by atoms with E-state index in [0.29, 0.717) is 37.6 Å². The van der Waals surface area contributed by atoms with Gasteiger partial charge in [-0.1, -0.05) is 111 Å². The Kier molecular flexibility index (Phi) is 66.1. The quantitative estimate of drug-likeness (QED) is 0.0271. The van der Waals surface area contributed by atoms with Crippen LogP contribution in [0.4, 0.5) is 0 Å². The second-order valence-corrected chi connectivity index (χ2v) is 12.2. The van der Waals surface area contributed by atoms with Crippen LogP contribution < -0.4 is 32.7 Å². The van der Waals surface area contributed by atoms with Crippen LogP contribution in [-0.4, -0.2) is 52.1 Å². The minimum Gasteiger partial charge on any atom is -0.486 e. The van der Waals surface area contributed by atoms with Gasteiger partial charge in [0.15, 0.2) is 12.6 Å². The van der Waals surface area contributed by atoms with Crippen LogP contribution in [0.1, 0.15) is 108 Å². The van der Waals surface area contributed by atoms with Crippen molar-refractivity contribution in [2.24, 2.45) is 11.5 Å². The van der Waals surface area contributed by atoms with Gasteiger partial charge in [0, 0.05) is 186 Å². The predicted octanol–water partition coefficient (Wildman–Crippen LogP) is 7.96. The van der Waals surface area contributed by atoms with Crippen LogP contribution in [0.5, 0.6) is 0 Å². The Morgan fingerprint density at radius 3 is 0.953 bits per heavy atom. The number of carbonyl (C=O) groups excluding carboxylic acids is 2. The van der Waals surface area contributed by atoms with Gasteiger partial charge in [-0.25, -0.2) is 0 Å². The summed E-state index contributed by atoms with van der Waals surface area (Å²) in [4.78, 5) is 20.7. The van der Waals surface area contributed by atoms with Gasteiger partial charge in [-0.2, -0.15) is 0 Å². The van der Waals surface area contributed by atoms with E-state index in [0.717, 1.165) is 68.5 Å².